The van der Waals surface area contributed by atoms with E-state index in [4.69, 9.17) is 9.84 Å². The molecule has 0 aromatic heterocycles. The molecule has 1 aromatic rings. The van der Waals surface area contributed by atoms with Crippen LogP contribution in [0.4, 0.5) is 0 Å². The first-order chi connectivity index (χ1) is 9.15. The fourth-order valence-electron chi connectivity index (χ4n) is 1.74. The minimum Gasteiger partial charge on any atom is -0.492 e. The average molecular weight is 320 g/mol. The Balaban J connectivity index is 0.00000361. The van der Waals surface area contributed by atoms with Crippen molar-refractivity contribution in [3.05, 3.63) is 24.3 Å². The summed E-state index contributed by atoms with van der Waals surface area (Å²) in [6.07, 6.45) is 2.97. The zero-order valence-corrected chi connectivity index (χ0v) is 13.5. The first kappa shape index (κ1) is 19.1. The van der Waals surface area contributed by atoms with Crippen molar-refractivity contribution < 1.29 is 14.6 Å². The molecule has 0 aliphatic rings. The summed E-state index contributed by atoms with van der Waals surface area (Å²) < 4.78 is 5.62. The molecule has 0 fully saturated rings. The van der Waals surface area contributed by atoms with Gasteiger partial charge < -0.3 is 9.84 Å². The molecule has 1 rings (SSSR count). The Kier molecular flexibility index (Phi) is 10.3. The predicted molar refractivity (Wildman–Crippen MR) is 85.3 cm³/mol. The number of nitrogens with zero attached hydrogens (tertiary/aromatic N) is 1. The second-order valence-corrected chi connectivity index (χ2v) is 5.07. The van der Waals surface area contributed by atoms with E-state index in [1.807, 2.05) is 42.3 Å². The molecule has 0 bridgehead atoms. The van der Waals surface area contributed by atoms with Gasteiger partial charge in [0.1, 0.15) is 12.4 Å². The highest BCUT2D eigenvalue weighted by molar-refractivity contribution is 7.98. The minimum absolute atomic E-state index is 0. The average Bonchev–Trinajstić information content (AvgIpc) is 2.39. The van der Waals surface area contributed by atoms with Crippen molar-refractivity contribution in [1.82, 2.24) is 4.90 Å². The number of halogens is 1. The third kappa shape index (κ3) is 7.62. The summed E-state index contributed by atoms with van der Waals surface area (Å²) in [6.45, 7) is 4.02. The monoisotopic (exact) mass is 319 g/mol. The van der Waals surface area contributed by atoms with Crippen LogP contribution in [-0.2, 0) is 4.79 Å². The fourth-order valence-corrected chi connectivity index (χ4v) is 2.15. The maximum absolute atomic E-state index is 10.7. The van der Waals surface area contributed by atoms with Crippen molar-refractivity contribution in [1.29, 1.82) is 0 Å². The van der Waals surface area contributed by atoms with Crippen molar-refractivity contribution in [2.75, 3.05) is 32.5 Å². The van der Waals surface area contributed by atoms with E-state index >= 15 is 0 Å². The zero-order chi connectivity index (χ0) is 14.1. The van der Waals surface area contributed by atoms with Gasteiger partial charge in [-0.3, -0.25) is 9.69 Å². The highest BCUT2D eigenvalue weighted by atomic mass is 35.5. The van der Waals surface area contributed by atoms with Gasteiger partial charge in [0, 0.05) is 11.4 Å². The molecule has 0 radical (unpaired) electrons. The Morgan fingerprint density at radius 3 is 2.45 bits per heavy atom. The number of rotatable bonds is 9. The lowest BCUT2D eigenvalue weighted by Crippen LogP contribution is -2.34. The maximum atomic E-state index is 10.7. The molecule has 0 unspecified atom stereocenters. The Bertz CT molecular complexity index is 387. The van der Waals surface area contributed by atoms with Gasteiger partial charge in [0.15, 0.2) is 0 Å². The Hall–Kier alpha value is -0.910. The maximum Gasteiger partial charge on any atom is 0.317 e. The number of hydrogen-bond donors (Lipinski definition) is 1. The van der Waals surface area contributed by atoms with Gasteiger partial charge in [-0.15, -0.1) is 24.2 Å². The molecule has 1 N–H and O–H groups in total. The Labute approximate surface area is 130 Å². The lowest BCUT2D eigenvalue weighted by Gasteiger charge is -2.19. The number of aliphatic carboxylic acids is 1. The number of carbonyl (C=O) groups is 1. The molecule has 0 spiro atoms. The van der Waals surface area contributed by atoms with E-state index in [9.17, 15) is 4.79 Å². The van der Waals surface area contributed by atoms with Crippen LogP contribution >= 0.6 is 24.2 Å². The molecule has 6 heteroatoms. The van der Waals surface area contributed by atoms with Crippen LogP contribution in [0, 0.1) is 0 Å². The smallest absolute Gasteiger partial charge is 0.317 e. The largest absolute Gasteiger partial charge is 0.492 e. The quantitative estimate of drug-likeness (QED) is 0.709. The normalized spacial score (nSPS) is 10.2. The Morgan fingerprint density at radius 1 is 1.30 bits per heavy atom. The summed E-state index contributed by atoms with van der Waals surface area (Å²) in [5, 5.41) is 8.80. The van der Waals surface area contributed by atoms with Crippen molar-refractivity contribution in [2.45, 2.75) is 18.2 Å². The van der Waals surface area contributed by atoms with Crippen LogP contribution in [0.5, 0.6) is 5.75 Å². The molecular formula is C14H22ClNO3S. The number of carboxylic acid groups (broad SMARTS) is 1. The van der Waals surface area contributed by atoms with E-state index in [1.165, 1.54) is 4.90 Å². The Morgan fingerprint density at radius 2 is 1.95 bits per heavy atom. The second kappa shape index (κ2) is 10.8. The van der Waals surface area contributed by atoms with Crippen LogP contribution in [0.15, 0.2) is 29.2 Å². The van der Waals surface area contributed by atoms with E-state index < -0.39 is 5.97 Å². The zero-order valence-electron chi connectivity index (χ0n) is 11.9. The number of ether oxygens (including phenoxy) is 1. The topological polar surface area (TPSA) is 49.8 Å². The van der Waals surface area contributed by atoms with Crippen LogP contribution in [0.1, 0.15) is 13.3 Å². The SMILES string of the molecule is CCCN(CCOc1ccc(SC)cc1)CC(=O)O.Cl. The highest BCUT2D eigenvalue weighted by Crippen LogP contribution is 2.18. The van der Waals surface area contributed by atoms with Gasteiger partial charge >= 0.3 is 5.97 Å². The van der Waals surface area contributed by atoms with Crippen LogP contribution in [0.3, 0.4) is 0 Å². The third-order valence-electron chi connectivity index (χ3n) is 2.63. The molecule has 4 nitrogen and oxygen atoms in total. The fraction of sp³-hybridized carbons (Fsp3) is 0.500. The second-order valence-electron chi connectivity index (χ2n) is 4.19. The number of thioether (sulfide) groups is 1. The van der Waals surface area contributed by atoms with E-state index in [0.717, 1.165) is 18.7 Å². The van der Waals surface area contributed by atoms with Gasteiger partial charge in [0.05, 0.1) is 6.54 Å². The van der Waals surface area contributed by atoms with Gasteiger partial charge in [-0.25, -0.2) is 0 Å². The molecule has 0 saturated heterocycles. The third-order valence-corrected chi connectivity index (χ3v) is 3.38. The first-order valence-corrected chi connectivity index (χ1v) is 7.59. The van der Waals surface area contributed by atoms with E-state index in [0.29, 0.717) is 13.2 Å². The van der Waals surface area contributed by atoms with Crippen LogP contribution in [-0.4, -0.2) is 48.5 Å². The van der Waals surface area contributed by atoms with Crippen molar-refractivity contribution in [3.8, 4) is 5.75 Å². The lowest BCUT2D eigenvalue weighted by atomic mass is 10.3. The summed E-state index contributed by atoms with van der Waals surface area (Å²) in [5.74, 6) is 0.0300. The van der Waals surface area contributed by atoms with E-state index in [-0.39, 0.29) is 19.0 Å². The number of hydrogen-bond acceptors (Lipinski definition) is 4. The molecule has 20 heavy (non-hydrogen) atoms. The summed E-state index contributed by atoms with van der Waals surface area (Å²) in [7, 11) is 0. The van der Waals surface area contributed by atoms with Crippen molar-refractivity contribution in [2.24, 2.45) is 0 Å². The highest BCUT2D eigenvalue weighted by Gasteiger charge is 2.08. The summed E-state index contributed by atoms with van der Waals surface area (Å²) >= 11 is 1.69. The number of carboxylic acids is 1. The van der Waals surface area contributed by atoms with E-state index in [1.54, 1.807) is 11.8 Å². The summed E-state index contributed by atoms with van der Waals surface area (Å²) in [4.78, 5) is 13.8. The van der Waals surface area contributed by atoms with Crippen LogP contribution in [0.25, 0.3) is 0 Å². The predicted octanol–water partition coefficient (Wildman–Crippen LogP) is 3.01. The van der Waals surface area contributed by atoms with Gasteiger partial charge in [-0.05, 0) is 43.5 Å². The molecule has 0 aliphatic heterocycles. The molecule has 1 aromatic carbocycles. The molecular weight excluding hydrogens is 298 g/mol. The molecule has 0 atom stereocenters. The van der Waals surface area contributed by atoms with Gasteiger partial charge in [-0.1, -0.05) is 6.92 Å². The molecule has 0 saturated carbocycles. The summed E-state index contributed by atoms with van der Waals surface area (Å²) in [6, 6.07) is 7.91. The standard InChI is InChI=1S/C14H21NO3S.ClH/c1-3-8-15(11-14(16)17)9-10-18-12-4-6-13(19-2)7-5-12;/h4-7H,3,8-11H2,1-2H3,(H,16,17);1H. The van der Waals surface area contributed by atoms with Crippen LogP contribution in [0.2, 0.25) is 0 Å². The molecule has 0 amide bonds. The lowest BCUT2D eigenvalue weighted by molar-refractivity contribution is -0.138. The molecule has 114 valence electrons. The molecule has 0 heterocycles. The van der Waals surface area contributed by atoms with Crippen LogP contribution < -0.4 is 4.74 Å². The summed E-state index contributed by atoms with van der Waals surface area (Å²) in [5.41, 5.74) is 0. The van der Waals surface area contributed by atoms with Crippen molar-refractivity contribution >= 4 is 30.1 Å². The van der Waals surface area contributed by atoms with Gasteiger partial charge in [0.2, 0.25) is 0 Å². The van der Waals surface area contributed by atoms with Crippen molar-refractivity contribution in [3.63, 3.8) is 0 Å². The first-order valence-electron chi connectivity index (χ1n) is 6.36. The number of benzene rings is 1. The van der Waals surface area contributed by atoms with Gasteiger partial charge in [0.25, 0.3) is 0 Å². The molecule has 0 aliphatic carbocycles. The van der Waals surface area contributed by atoms with Gasteiger partial charge in [-0.2, -0.15) is 0 Å². The van der Waals surface area contributed by atoms with E-state index in [2.05, 4.69) is 0 Å². The minimum atomic E-state index is -0.794.